The average molecular weight is 315 g/mol. The summed E-state index contributed by atoms with van der Waals surface area (Å²) >= 11 is 1.65. The van der Waals surface area contributed by atoms with Crippen LogP contribution in [0.1, 0.15) is 27.6 Å². The fraction of sp³-hybridized carbons (Fsp3) is 0.250. The fourth-order valence-corrected chi connectivity index (χ4v) is 3.02. The van der Waals surface area contributed by atoms with Gasteiger partial charge in [-0.05, 0) is 37.4 Å². The highest BCUT2D eigenvalue weighted by Gasteiger charge is 2.14. The maximum Gasteiger partial charge on any atom is 0.255 e. The predicted molar refractivity (Wildman–Crippen MR) is 85.9 cm³/mol. The predicted octanol–water partition coefficient (Wildman–Crippen LogP) is 3.29. The molecule has 0 unspecified atom stereocenters. The van der Waals surface area contributed by atoms with Crippen molar-refractivity contribution in [3.8, 4) is 10.6 Å². The highest BCUT2D eigenvalue weighted by Crippen LogP contribution is 2.23. The van der Waals surface area contributed by atoms with Gasteiger partial charge in [0, 0.05) is 7.05 Å². The van der Waals surface area contributed by atoms with Crippen molar-refractivity contribution in [2.45, 2.75) is 20.4 Å². The highest BCUT2D eigenvalue weighted by atomic mass is 32.1. The minimum Gasteiger partial charge on any atom is -0.466 e. The SMILES string of the molecule is Cc1cc(C(=O)NCc2cc(-c3cccs3)nn2C)c(C)o1. The molecule has 0 aliphatic carbocycles. The van der Waals surface area contributed by atoms with Gasteiger partial charge in [0.2, 0.25) is 0 Å². The average Bonchev–Trinajstić information content (AvgIpc) is 3.17. The second-order valence-corrected chi connectivity index (χ2v) is 6.08. The maximum absolute atomic E-state index is 12.2. The van der Waals surface area contributed by atoms with Gasteiger partial charge in [-0.1, -0.05) is 6.07 Å². The van der Waals surface area contributed by atoms with Gasteiger partial charge in [-0.15, -0.1) is 11.3 Å². The van der Waals surface area contributed by atoms with Crippen LogP contribution in [0.4, 0.5) is 0 Å². The van der Waals surface area contributed by atoms with Crippen molar-refractivity contribution in [3.05, 3.63) is 52.4 Å². The third kappa shape index (κ3) is 2.82. The van der Waals surface area contributed by atoms with E-state index >= 15 is 0 Å². The summed E-state index contributed by atoms with van der Waals surface area (Å²) in [7, 11) is 1.88. The number of carbonyl (C=O) groups is 1. The second kappa shape index (κ2) is 5.81. The lowest BCUT2D eigenvalue weighted by molar-refractivity contribution is 0.0948. The Bertz CT molecular complexity index is 800. The van der Waals surface area contributed by atoms with E-state index in [0.717, 1.165) is 22.0 Å². The quantitative estimate of drug-likeness (QED) is 0.803. The molecule has 6 heteroatoms. The molecule has 0 spiro atoms. The molecule has 0 aromatic carbocycles. The third-order valence-corrected chi connectivity index (χ3v) is 4.36. The van der Waals surface area contributed by atoms with Crippen LogP contribution >= 0.6 is 11.3 Å². The number of carbonyl (C=O) groups excluding carboxylic acids is 1. The molecule has 0 saturated carbocycles. The standard InChI is InChI=1S/C16H17N3O2S/c1-10-7-13(11(2)21-10)16(20)17-9-12-8-14(18-19(12)3)15-5-4-6-22-15/h4-8H,9H2,1-3H3,(H,17,20). The molecule has 0 aliphatic heterocycles. The van der Waals surface area contributed by atoms with Gasteiger partial charge in [0.05, 0.1) is 22.7 Å². The summed E-state index contributed by atoms with van der Waals surface area (Å²) < 4.78 is 7.18. The van der Waals surface area contributed by atoms with Crippen molar-refractivity contribution in [2.75, 3.05) is 0 Å². The number of thiophene rings is 1. The molecular weight excluding hydrogens is 298 g/mol. The molecule has 22 heavy (non-hydrogen) atoms. The zero-order chi connectivity index (χ0) is 15.7. The Kier molecular flexibility index (Phi) is 3.85. The Balaban J connectivity index is 1.72. The monoisotopic (exact) mass is 315 g/mol. The minimum absolute atomic E-state index is 0.131. The van der Waals surface area contributed by atoms with Gasteiger partial charge in [-0.3, -0.25) is 9.48 Å². The van der Waals surface area contributed by atoms with E-state index in [1.807, 2.05) is 37.6 Å². The maximum atomic E-state index is 12.2. The molecular formula is C16H17N3O2S. The summed E-state index contributed by atoms with van der Waals surface area (Å²) in [6, 6.07) is 7.79. The van der Waals surface area contributed by atoms with Gasteiger partial charge in [0.25, 0.3) is 5.91 Å². The molecule has 3 aromatic heterocycles. The fourth-order valence-electron chi connectivity index (χ4n) is 2.34. The van der Waals surface area contributed by atoms with Crippen molar-refractivity contribution in [1.82, 2.24) is 15.1 Å². The van der Waals surface area contributed by atoms with E-state index in [1.165, 1.54) is 0 Å². The van der Waals surface area contributed by atoms with Crippen LogP contribution in [0, 0.1) is 13.8 Å². The van der Waals surface area contributed by atoms with Crippen molar-refractivity contribution < 1.29 is 9.21 Å². The zero-order valence-corrected chi connectivity index (χ0v) is 13.5. The van der Waals surface area contributed by atoms with Crippen LogP contribution in [0.5, 0.6) is 0 Å². The summed E-state index contributed by atoms with van der Waals surface area (Å²) in [5, 5.41) is 9.42. The molecule has 0 atom stereocenters. The van der Waals surface area contributed by atoms with Crippen molar-refractivity contribution in [2.24, 2.45) is 7.05 Å². The Morgan fingerprint density at radius 1 is 1.41 bits per heavy atom. The molecule has 114 valence electrons. The first-order valence-corrected chi connectivity index (χ1v) is 7.84. The lowest BCUT2D eigenvalue weighted by atomic mass is 10.2. The van der Waals surface area contributed by atoms with Crippen LogP contribution in [0.15, 0.2) is 34.1 Å². The Hall–Kier alpha value is -2.34. The number of amides is 1. The van der Waals surface area contributed by atoms with E-state index in [4.69, 9.17) is 4.42 Å². The van der Waals surface area contributed by atoms with E-state index in [0.29, 0.717) is 17.9 Å². The molecule has 3 heterocycles. The molecule has 0 saturated heterocycles. The van der Waals surface area contributed by atoms with Gasteiger partial charge in [0.1, 0.15) is 17.2 Å². The first kappa shape index (κ1) is 14.6. The summed E-state index contributed by atoms with van der Waals surface area (Å²) in [6.45, 7) is 4.05. The Morgan fingerprint density at radius 3 is 2.86 bits per heavy atom. The Labute approximate surface area is 132 Å². The topological polar surface area (TPSA) is 60.1 Å². The van der Waals surface area contributed by atoms with Crippen LogP contribution in [-0.2, 0) is 13.6 Å². The number of nitrogens with zero attached hydrogens (tertiary/aromatic N) is 2. The number of hydrogen-bond acceptors (Lipinski definition) is 4. The van der Waals surface area contributed by atoms with E-state index in [9.17, 15) is 4.79 Å². The zero-order valence-electron chi connectivity index (χ0n) is 12.7. The molecule has 1 amide bonds. The van der Waals surface area contributed by atoms with Gasteiger partial charge < -0.3 is 9.73 Å². The molecule has 0 fully saturated rings. The number of aryl methyl sites for hydroxylation is 3. The normalized spacial score (nSPS) is 10.9. The number of hydrogen-bond donors (Lipinski definition) is 1. The van der Waals surface area contributed by atoms with Gasteiger partial charge in [0.15, 0.2) is 0 Å². The van der Waals surface area contributed by atoms with Crippen molar-refractivity contribution >= 4 is 17.2 Å². The van der Waals surface area contributed by atoms with E-state index in [-0.39, 0.29) is 5.91 Å². The van der Waals surface area contributed by atoms with Crippen LogP contribution < -0.4 is 5.32 Å². The van der Waals surface area contributed by atoms with E-state index < -0.39 is 0 Å². The van der Waals surface area contributed by atoms with Crippen LogP contribution in [0.25, 0.3) is 10.6 Å². The number of furan rings is 1. The number of aromatic nitrogens is 2. The molecule has 3 aromatic rings. The molecule has 1 N–H and O–H groups in total. The minimum atomic E-state index is -0.131. The highest BCUT2D eigenvalue weighted by molar-refractivity contribution is 7.13. The summed E-state index contributed by atoms with van der Waals surface area (Å²) in [5.74, 6) is 1.25. The molecule has 0 radical (unpaired) electrons. The molecule has 3 rings (SSSR count). The molecule has 0 aliphatic rings. The molecule has 0 bridgehead atoms. The first-order chi connectivity index (χ1) is 10.5. The summed E-state index contributed by atoms with van der Waals surface area (Å²) in [5.41, 5.74) is 2.46. The second-order valence-electron chi connectivity index (χ2n) is 5.13. The first-order valence-electron chi connectivity index (χ1n) is 6.96. The van der Waals surface area contributed by atoms with Crippen LogP contribution in [0.3, 0.4) is 0 Å². The van der Waals surface area contributed by atoms with Crippen molar-refractivity contribution in [3.63, 3.8) is 0 Å². The van der Waals surface area contributed by atoms with Gasteiger partial charge in [-0.2, -0.15) is 5.10 Å². The van der Waals surface area contributed by atoms with Gasteiger partial charge in [-0.25, -0.2) is 0 Å². The lowest BCUT2D eigenvalue weighted by Crippen LogP contribution is -2.24. The van der Waals surface area contributed by atoms with E-state index in [1.54, 1.807) is 29.0 Å². The molecule has 5 nitrogen and oxygen atoms in total. The number of rotatable bonds is 4. The Morgan fingerprint density at radius 2 is 2.23 bits per heavy atom. The lowest BCUT2D eigenvalue weighted by Gasteiger charge is -2.04. The summed E-state index contributed by atoms with van der Waals surface area (Å²) in [4.78, 5) is 13.3. The largest absolute Gasteiger partial charge is 0.466 e. The van der Waals surface area contributed by atoms with Crippen LogP contribution in [0.2, 0.25) is 0 Å². The van der Waals surface area contributed by atoms with Gasteiger partial charge >= 0.3 is 0 Å². The third-order valence-electron chi connectivity index (χ3n) is 3.47. The number of nitrogens with one attached hydrogen (secondary N) is 1. The van der Waals surface area contributed by atoms with E-state index in [2.05, 4.69) is 10.4 Å². The van der Waals surface area contributed by atoms with Crippen LogP contribution in [-0.4, -0.2) is 15.7 Å². The summed E-state index contributed by atoms with van der Waals surface area (Å²) in [6.07, 6.45) is 0. The van der Waals surface area contributed by atoms with Crippen molar-refractivity contribution in [1.29, 1.82) is 0 Å². The smallest absolute Gasteiger partial charge is 0.255 e.